The Morgan fingerprint density at radius 2 is 1.76 bits per heavy atom. The van der Waals surface area contributed by atoms with Gasteiger partial charge in [-0.15, -0.1) is 0 Å². The van der Waals surface area contributed by atoms with Gasteiger partial charge in [-0.1, -0.05) is 6.92 Å². The lowest BCUT2D eigenvalue weighted by atomic mass is 10.2. The first kappa shape index (κ1) is 16.8. The molecule has 0 saturated heterocycles. The first-order chi connectivity index (χ1) is 8.28. The Morgan fingerprint density at radius 3 is 2.18 bits per heavy atom. The fraction of sp³-hybridized carbons (Fsp3) is 1.00. The largest absolute Gasteiger partial charge is 0.396 e. The molecule has 0 rings (SSSR count). The van der Waals surface area contributed by atoms with Gasteiger partial charge in [-0.3, -0.25) is 4.90 Å². The molecule has 0 radical (unpaired) electrons. The Hall–Kier alpha value is -0.200. The van der Waals surface area contributed by atoms with Gasteiger partial charge in [-0.2, -0.15) is 0 Å². The maximum atomic E-state index is 9.02. The van der Waals surface area contributed by atoms with Crippen molar-refractivity contribution in [3.05, 3.63) is 0 Å². The van der Waals surface area contributed by atoms with Crippen molar-refractivity contribution >= 4 is 0 Å². The van der Waals surface area contributed by atoms with Crippen LogP contribution in [0.25, 0.3) is 0 Å². The molecule has 2 N–H and O–H groups in total. The molecule has 5 nitrogen and oxygen atoms in total. The molecule has 5 heteroatoms. The van der Waals surface area contributed by atoms with E-state index in [1.165, 1.54) is 0 Å². The normalized spacial score (nSPS) is 13.2. The van der Waals surface area contributed by atoms with E-state index in [0.717, 1.165) is 45.8 Å². The lowest BCUT2D eigenvalue weighted by Gasteiger charge is -2.27. The van der Waals surface area contributed by atoms with Crippen molar-refractivity contribution in [1.82, 2.24) is 10.2 Å². The summed E-state index contributed by atoms with van der Waals surface area (Å²) in [6.07, 6.45) is 0.782. The second-order valence-electron chi connectivity index (χ2n) is 4.05. The SMILES string of the molecule is CCNC(CCO)CN(CCOC)CCOC. The molecule has 0 aliphatic rings. The zero-order chi connectivity index (χ0) is 12.9. The van der Waals surface area contributed by atoms with E-state index < -0.39 is 0 Å². The summed E-state index contributed by atoms with van der Waals surface area (Å²) < 4.78 is 10.2. The highest BCUT2D eigenvalue weighted by molar-refractivity contribution is 4.71. The van der Waals surface area contributed by atoms with Crippen molar-refractivity contribution in [1.29, 1.82) is 0 Å². The Morgan fingerprint density at radius 1 is 1.18 bits per heavy atom. The molecular weight excluding hydrogens is 220 g/mol. The summed E-state index contributed by atoms with van der Waals surface area (Å²) in [4.78, 5) is 2.30. The number of likely N-dealkylation sites (N-methyl/N-ethyl adjacent to an activating group) is 1. The maximum Gasteiger partial charge on any atom is 0.0589 e. The van der Waals surface area contributed by atoms with Crippen molar-refractivity contribution < 1.29 is 14.6 Å². The summed E-state index contributed by atoms with van der Waals surface area (Å²) in [6.45, 7) is 7.39. The Labute approximate surface area is 105 Å². The summed E-state index contributed by atoms with van der Waals surface area (Å²) in [7, 11) is 3.42. The monoisotopic (exact) mass is 248 g/mol. The van der Waals surface area contributed by atoms with Crippen LogP contribution in [-0.2, 0) is 9.47 Å². The molecule has 0 aromatic heterocycles. The van der Waals surface area contributed by atoms with Gasteiger partial charge in [-0.25, -0.2) is 0 Å². The summed E-state index contributed by atoms with van der Waals surface area (Å²) >= 11 is 0. The number of hydrogen-bond donors (Lipinski definition) is 2. The van der Waals surface area contributed by atoms with E-state index >= 15 is 0 Å². The van der Waals surface area contributed by atoms with Crippen LogP contribution in [0.15, 0.2) is 0 Å². The molecule has 17 heavy (non-hydrogen) atoms. The molecule has 0 aliphatic heterocycles. The smallest absolute Gasteiger partial charge is 0.0589 e. The number of nitrogens with one attached hydrogen (secondary N) is 1. The average molecular weight is 248 g/mol. The van der Waals surface area contributed by atoms with Gasteiger partial charge in [0.25, 0.3) is 0 Å². The molecule has 104 valence electrons. The minimum absolute atomic E-state index is 0.222. The van der Waals surface area contributed by atoms with Crippen LogP contribution < -0.4 is 5.32 Å². The van der Waals surface area contributed by atoms with Crippen LogP contribution in [0.5, 0.6) is 0 Å². The van der Waals surface area contributed by atoms with Crippen molar-refractivity contribution in [2.75, 3.05) is 60.2 Å². The quantitative estimate of drug-likeness (QED) is 0.507. The van der Waals surface area contributed by atoms with E-state index in [0.29, 0.717) is 6.04 Å². The van der Waals surface area contributed by atoms with Crippen LogP contribution >= 0.6 is 0 Å². The number of ether oxygens (including phenoxy) is 2. The van der Waals surface area contributed by atoms with Crippen molar-refractivity contribution in [2.24, 2.45) is 0 Å². The number of nitrogens with zero attached hydrogens (tertiary/aromatic N) is 1. The van der Waals surface area contributed by atoms with Gasteiger partial charge in [0.1, 0.15) is 0 Å². The summed E-state index contributed by atoms with van der Waals surface area (Å²) in [5, 5.41) is 12.4. The summed E-state index contributed by atoms with van der Waals surface area (Å²) in [6, 6.07) is 0.332. The number of aliphatic hydroxyl groups is 1. The second-order valence-corrected chi connectivity index (χ2v) is 4.05. The highest BCUT2D eigenvalue weighted by atomic mass is 16.5. The highest BCUT2D eigenvalue weighted by Gasteiger charge is 2.12. The van der Waals surface area contributed by atoms with Gasteiger partial charge in [0.2, 0.25) is 0 Å². The van der Waals surface area contributed by atoms with Crippen LogP contribution in [0.2, 0.25) is 0 Å². The Kier molecular flexibility index (Phi) is 12.1. The topological polar surface area (TPSA) is 54.0 Å². The van der Waals surface area contributed by atoms with Crippen LogP contribution in [0, 0.1) is 0 Å². The number of hydrogen-bond acceptors (Lipinski definition) is 5. The third-order valence-corrected chi connectivity index (χ3v) is 2.67. The fourth-order valence-electron chi connectivity index (χ4n) is 1.75. The first-order valence-electron chi connectivity index (χ1n) is 6.32. The van der Waals surface area contributed by atoms with Gasteiger partial charge >= 0.3 is 0 Å². The second kappa shape index (κ2) is 12.3. The summed E-state index contributed by atoms with van der Waals surface area (Å²) in [5.74, 6) is 0. The maximum absolute atomic E-state index is 9.02. The van der Waals surface area contributed by atoms with Crippen LogP contribution in [0.1, 0.15) is 13.3 Å². The number of rotatable bonds is 12. The van der Waals surface area contributed by atoms with Gasteiger partial charge < -0.3 is 19.9 Å². The van der Waals surface area contributed by atoms with E-state index in [1.54, 1.807) is 14.2 Å². The number of aliphatic hydroxyl groups excluding tert-OH is 1. The van der Waals surface area contributed by atoms with Crippen molar-refractivity contribution in [3.63, 3.8) is 0 Å². The minimum Gasteiger partial charge on any atom is -0.396 e. The van der Waals surface area contributed by atoms with E-state index in [1.807, 2.05) is 0 Å². The van der Waals surface area contributed by atoms with Gasteiger partial charge in [-0.05, 0) is 13.0 Å². The van der Waals surface area contributed by atoms with Gasteiger partial charge in [0.05, 0.1) is 13.2 Å². The van der Waals surface area contributed by atoms with E-state index in [4.69, 9.17) is 14.6 Å². The van der Waals surface area contributed by atoms with E-state index in [9.17, 15) is 0 Å². The Bertz CT molecular complexity index is 145. The lowest BCUT2D eigenvalue weighted by molar-refractivity contribution is 0.105. The molecule has 0 aromatic carbocycles. The van der Waals surface area contributed by atoms with Crippen LogP contribution in [-0.4, -0.2) is 76.3 Å². The molecule has 0 saturated carbocycles. The average Bonchev–Trinajstić information content (AvgIpc) is 2.33. The van der Waals surface area contributed by atoms with E-state index in [-0.39, 0.29) is 6.61 Å². The highest BCUT2D eigenvalue weighted by Crippen LogP contribution is 1.98. The summed E-state index contributed by atoms with van der Waals surface area (Å²) in [5.41, 5.74) is 0. The fourth-order valence-corrected chi connectivity index (χ4v) is 1.75. The molecule has 1 atom stereocenters. The third kappa shape index (κ3) is 9.50. The van der Waals surface area contributed by atoms with Gasteiger partial charge in [0.15, 0.2) is 0 Å². The molecular formula is C12H28N2O3. The molecule has 0 bridgehead atoms. The van der Waals surface area contributed by atoms with E-state index in [2.05, 4.69) is 17.1 Å². The van der Waals surface area contributed by atoms with Crippen LogP contribution in [0.4, 0.5) is 0 Å². The molecule has 0 aliphatic carbocycles. The molecule has 0 aromatic rings. The molecule has 0 amide bonds. The number of methoxy groups -OCH3 is 2. The van der Waals surface area contributed by atoms with Gasteiger partial charge in [0, 0.05) is 46.5 Å². The molecule has 0 fully saturated rings. The lowest BCUT2D eigenvalue weighted by Crippen LogP contribution is -2.43. The predicted molar refractivity (Wildman–Crippen MR) is 69.4 cm³/mol. The third-order valence-electron chi connectivity index (χ3n) is 2.67. The van der Waals surface area contributed by atoms with Crippen molar-refractivity contribution in [3.8, 4) is 0 Å². The Balaban J connectivity index is 4.04. The predicted octanol–water partition coefficient (Wildman–Crippen LogP) is -0.0583. The minimum atomic E-state index is 0.222. The zero-order valence-electron chi connectivity index (χ0n) is 11.4. The van der Waals surface area contributed by atoms with Crippen LogP contribution in [0.3, 0.4) is 0 Å². The molecule has 0 heterocycles. The molecule has 1 unspecified atom stereocenters. The standard InChI is InChI=1S/C12H28N2O3/c1-4-13-12(5-8-15)11-14(6-9-16-2)7-10-17-3/h12-13,15H,4-11H2,1-3H3. The zero-order valence-corrected chi connectivity index (χ0v) is 11.4. The van der Waals surface area contributed by atoms with Crippen molar-refractivity contribution in [2.45, 2.75) is 19.4 Å². The molecule has 0 spiro atoms. The first-order valence-corrected chi connectivity index (χ1v) is 6.32.